The van der Waals surface area contributed by atoms with Gasteiger partial charge in [0.2, 0.25) is 5.91 Å². The van der Waals surface area contributed by atoms with E-state index in [4.69, 9.17) is 9.47 Å². The number of hydrogen-bond donors (Lipinski definition) is 0. The van der Waals surface area contributed by atoms with Crippen LogP contribution in [-0.2, 0) is 4.79 Å². The summed E-state index contributed by atoms with van der Waals surface area (Å²) in [5.41, 5.74) is 1.10. The lowest BCUT2D eigenvalue weighted by Gasteiger charge is -2.34. The van der Waals surface area contributed by atoms with Crippen molar-refractivity contribution in [3.05, 3.63) is 23.8 Å². The van der Waals surface area contributed by atoms with E-state index in [0.29, 0.717) is 6.54 Å². The van der Waals surface area contributed by atoms with Crippen LogP contribution in [0.5, 0.6) is 11.5 Å². The van der Waals surface area contributed by atoms with Crippen molar-refractivity contribution < 1.29 is 14.3 Å². The van der Waals surface area contributed by atoms with Gasteiger partial charge < -0.3 is 14.4 Å². The highest BCUT2D eigenvalue weighted by Gasteiger charge is 2.32. The Morgan fingerprint density at radius 1 is 1.20 bits per heavy atom. The highest BCUT2D eigenvalue weighted by molar-refractivity contribution is 5.79. The van der Waals surface area contributed by atoms with Crippen LogP contribution in [0.4, 0.5) is 0 Å². The summed E-state index contributed by atoms with van der Waals surface area (Å²) in [5, 5.41) is 0. The molecule has 1 atom stereocenters. The van der Waals surface area contributed by atoms with E-state index in [1.165, 1.54) is 0 Å². The smallest absolute Gasteiger partial charge is 0.237 e. The Kier molecular flexibility index (Phi) is 6.71. The minimum Gasteiger partial charge on any atom is -0.497 e. The van der Waals surface area contributed by atoms with Crippen LogP contribution in [-0.4, -0.2) is 55.1 Å². The lowest BCUT2D eigenvalue weighted by atomic mass is 10.0. The lowest BCUT2D eigenvalue weighted by molar-refractivity contribution is -0.136. The quantitative estimate of drug-likeness (QED) is 0.756. The summed E-state index contributed by atoms with van der Waals surface area (Å²) in [6.45, 7) is 9.67. The van der Waals surface area contributed by atoms with Crippen molar-refractivity contribution in [2.24, 2.45) is 0 Å². The van der Waals surface area contributed by atoms with E-state index in [0.717, 1.165) is 36.4 Å². The first kappa shape index (κ1) is 19.6. The summed E-state index contributed by atoms with van der Waals surface area (Å²) < 4.78 is 10.9. The maximum atomic E-state index is 12.9. The molecule has 2 rings (SSSR count). The summed E-state index contributed by atoms with van der Waals surface area (Å²) in [5.74, 6) is 1.87. The molecule has 0 saturated carbocycles. The molecule has 1 heterocycles. The largest absolute Gasteiger partial charge is 0.497 e. The minimum absolute atomic E-state index is 0.190. The maximum Gasteiger partial charge on any atom is 0.237 e. The van der Waals surface area contributed by atoms with E-state index < -0.39 is 0 Å². The van der Waals surface area contributed by atoms with Gasteiger partial charge in [0.1, 0.15) is 11.5 Å². The monoisotopic (exact) mass is 348 g/mol. The summed E-state index contributed by atoms with van der Waals surface area (Å²) in [4.78, 5) is 17.1. The Labute approximate surface area is 151 Å². The average molecular weight is 348 g/mol. The molecule has 1 aromatic carbocycles. The van der Waals surface area contributed by atoms with Gasteiger partial charge in [-0.2, -0.15) is 0 Å². The molecule has 0 aromatic heterocycles. The fourth-order valence-corrected chi connectivity index (χ4v) is 3.90. The summed E-state index contributed by atoms with van der Waals surface area (Å²) >= 11 is 0. The first-order valence-electron chi connectivity index (χ1n) is 9.16. The molecule has 1 fully saturated rings. The first-order chi connectivity index (χ1) is 11.9. The van der Waals surface area contributed by atoms with Crippen LogP contribution in [0.25, 0.3) is 0 Å². The third-order valence-electron chi connectivity index (χ3n) is 4.90. The van der Waals surface area contributed by atoms with Gasteiger partial charge in [0.15, 0.2) is 0 Å². The maximum absolute atomic E-state index is 12.9. The van der Waals surface area contributed by atoms with E-state index in [2.05, 4.69) is 32.6 Å². The van der Waals surface area contributed by atoms with Crippen LogP contribution < -0.4 is 9.47 Å². The number of ether oxygens (including phenoxy) is 2. The van der Waals surface area contributed by atoms with Crippen molar-refractivity contribution in [3.63, 3.8) is 0 Å². The summed E-state index contributed by atoms with van der Waals surface area (Å²) in [6.07, 6.45) is 2.11. The Morgan fingerprint density at radius 3 is 2.44 bits per heavy atom. The van der Waals surface area contributed by atoms with Crippen LogP contribution in [0, 0.1) is 0 Å². The predicted octanol–water partition coefficient (Wildman–Crippen LogP) is 3.49. The Balaban J connectivity index is 2.22. The molecular weight excluding hydrogens is 316 g/mol. The van der Waals surface area contributed by atoms with Gasteiger partial charge >= 0.3 is 0 Å². The number of likely N-dealkylation sites (tertiary alicyclic amines) is 1. The molecule has 1 unspecified atom stereocenters. The molecule has 0 radical (unpaired) electrons. The molecule has 1 aromatic rings. The van der Waals surface area contributed by atoms with Crippen molar-refractivity contribution in [3.8, 4) is 11.5 Å². The van der Waals surface area contributed by atoms with Gasteiger partial charge in [-0.3, -0.25) is 9.69 Å². The number of carbonyl (C=O) groups excluding carboxylic acids is 1. The fraction of sp³-hybridized carbons (Fsp3) is 0.650. The van der Waals surface area contributed by atoms with E-state index >= 15 is 0 Å². The SMILES string of the molecule is COc1ccc(OC)c(C2CCCN2CC(=O)N(C(C)C)C(C)C)c1. The number of nitrogens with zero attached hydrogens (tertiary/aromatic N) is 2. The van der Waals surface area contributed by atoms with Gasteiger partial charge in [0.05, 0.1) is 20.8 Å². The zero-order valence-corrected chi connectivity index (χ0v) is 16.4. The second-order valence-corrected chi connectivity index (χ2v) is 7.22. The second kappa shape index (κ2) is 8.56. The van der Waals surface area contributed by atoms with E-state index in [1.54, 1.807) is 14.2 Å². The van der Waals surface area contributed by atoms with Crippen molar-refractivity contribution in [1.29, 1.82) is 0 Å². The molecule has 1 aliphatic rings. The lowest BCUT2D eigenvalue weighted by Crippen LogP contribution is -2.47. The number of benzene rings is 1. The molecule has 1 aliphatic heterocycles. The molecule has 0 bridgehead atoms. The van der Waals surface area contributed by atoms with Crippen LogP contribution in [0.3, 0.4) is 0 Å². The molecule has 1 saturated heterocycles. The Morgan fingerprint density at radius 2 is 1.88 bits per heavy atom. The van der Waals surface area contributed by atoms with Crippen LogP contribution in [0.2, 0.25) is 0 Å². The molecule has 0 aliphatic carbocycles. The number of methoxy groups -OCH3 is 2. The standard InChI is InChI=1S/C20H32N2O3/c1-14(2)22(15(3)4)20(23)13-21-11-7-8-18(21)17-12-16(24-5)9-10-19(17)25-6/h9-10,12,14-15,18H,7-8,11,13H2,1-6H3. The molecule has 5 nitrogen and oxygen atoms in total. The normalized spacial score (nSPS) is 18.0. The number of rotatable bonds is 7. The van der Waals surface area contributed by atoms with Crippen LogP contribution in [0.15, 0.2) is 18.2 Å². The molecule has 0 spiro atoms. The molecule has 5 heteroatoms. The van der Waals surface area contributed by atoms with Crippen LogP contribution in [0.1, 0.15) is 52.1 Å². The predicted molar refractivity (Wildman–Crippen MR) is 100 cm³/mol. The van der Waals surface area contributed by atoms with Crippen molar-refractivity contribution in [1.82, 2.24) is 9.80 Å². The van der Waals surface area contributed by atoms with Crippen molar-refractivity contribution >= 4 is 5.91 Å². The van der Waals surface area contributed by atoms with Crippen LogP contribution >= 0.6 is 0 Å². The Hall–Kier alpha value is -1.75. The molecule has 0 N–H and O–H groups in total. The van der Waals surface area contributed by atoms with Crippen molar-refractivity contribution in [2.45, 2.75) is 58.7 Å². The molecule has 25 heavy (non-hydrogen) atoms. The van der Waals surface area contributed by atoms with Gasteiger partial charge in [-0.1, -0.05) is 0 Å². The second-order valence-electron chi connectivity index (χ2n) is 7.22. The van der Waals surface area contributed by atoms with E-state index in [9.17, 15) is 4.79 Å². The Bertz CT molecular complexity index is 578. The fourth-order valence-electron chi connectivity index (χ4n) is 3.90. The third-order valence-corrected chi connectivity index (χ3v) is 4.90. The van der Waals surface area contributed by atoms with Gasteiger partial charge in [0.25, 0.3) is 0 Å². The van der Waals surface area contributed by atoms with E-state index in [1.807, 2.05) is 23.1 Å². The number of carbonyl (C=O) groups is 1. The zero-order chi connectivity index (χ0) is 18.6. The highest BCUT2D eigenvalue weighted by atomic mass is 16.5. The summed E-state index contributed by atoms with van der Waals surface area (Å²) in [6, 6.07) is 6.50. The molecular formula is C20H32N2O3. The summed E-state index contributed by atoms with van der Waals surface area (Å²) in [7, 11) is 3.36. The van der Waals surface area contributed by atoms with Crippen molar-refractivity contribution in [2.75, 3.05) is 27.3 Å². The zero-order valence-electron chi connectivity index (χ0n) is 16.4. The highest BCUT2D eigenvalue weighted by Crippen LogP contribution is 2.38. The third kappa shape index (κ3) is 4.46. The average Bonchev–Trinajstić information content (AvgIpc) is 3.01. The van der Waals surface area contributed by atoms with E-state index in [-0.39, 0.29) is 24.0 Å². The van der Waals surface area contributed by atoms with Gasteiger partial charge in [-0.25, -0.2) is 0 Å². The first-order valence-corrected chi connectivity index (χ1v) is 9.16. The molecule has 1 amide bonds. The number of hydrogen-bond acceptors (Lipinski definition) is 4. The van der Waals surface area contributed by atoms with Gasteiger partial charge in [-0.05, 0) is 65.3 Å². The molecule has 140 valence electrons. The minimum atomic E-state index is 0.190. The number of amides is 1. The topological polar surface area (TPSA) is 42.0 Å². The van der Waals surface area contributed by atoms with Gasteiger partial charge in [-0.15, -0.1) is 0 Å². The van der Waals surface area contributed by atoms with Gasteiger partial charge in [0, 0.05) is 23.7 Å².